The van der Waals surface area contributed by atoms with Crippen molar-refractivity contribution in [1.29, 1.82) is 5.26 Å². The second kappa shape index (κ2) is 6.21. The molecule has 0 spiro atoms. The number of halogens is 1. The predicted molar refractivity (Wildman–Crippen MR) is 76.4 cm³/mol. The standard InChI is InChI=1S/C14H19BrN2O/c1-14(2,9-16)10-17(3)8-11-5-6-13(18-4)12(15)7-11/h5-7H,8,10H2,1-4H3. The van der Waals surface area contributed by atoms with Gasteiger partial charge in [-0.15, -0.1) is 0 Å². The molecule has 0 aliphatic heterocycles. The van der Waals surface area contributed by atoms with Gasteiger partial charge in [0, 0.05) is 13.1 Å². The topological polar surface area (TPSA) is 36.3 Å². The Labute approximate surface area is 117 Å². The molecule has 0 fully saturated rings. The van der Waals surface area contributed by atoms with Crippen LogP contribution in [0.2, 0.25) is 0 Å². The van der Waals surface area contributed by atoms with Crippen LogP contribution in [-0.2, 0) is 6.54 Å². The van der Waals surface area contributed by atoms with Crippen LogP contribution in [0.5, 0.6) is 5.75 Å². The van der Waals surface area contributed by atoms with Gasteiger partial charge in [-0.3, -0.25) is 0 Å². The molecule has 0 unspecified atom stereocenters. The van der Waals surface area contributed by atoms with Gasteiger partial charge in [-0.1, -0.05) is 6.07 Å². The summed E-state index contributed by atoms with van der Waals surface area (Å²) in [5.41, 5.74) is 0.872. The van der Waals surface area contributed by atoms with Crippen LogP contribution in [0.15, 0.2) is 22.7 Å². The molecule has 98 valence electrons. The summed E-state index contributed by atoms with van der Waals surface area (Å²) in [6, 6.07) is 8.36. The monoisotopic (exact) mass is 310 g/mol. The molecular formula is C14H19BrN2O. The highest BCUT2D eigenvalue weighted by molar-refractivity contribution is 9.10. The highest BCUT2D eigenvalue weighted by Crippen LogP contribution is 2.26. The highest BCUT2D eigenvalue weighted by atomic mass is 79.9. The molecule has 0 aliphatic rings. The first-order valence-corrected chi connectivity index (χ1v) is 6.59. The molecule has 1 aromatic rings. The van der Waals surface area contributed by atoms with Crippen LogP contribution in [-0.4, -0.2) is 25.6 Å². The summed E-state index contributed by atoms with van der Waals surface area (Å²) < 4.78 is 6.15. The van der Waals surface area contributed by atoms with Crippen molar-refractivity contribution >= 4 is 15.9 Å². The van der Waals surface area contributed by atoms with Gasteiger partial charge in [-0.2, -0.15) is 5.26 Å². The average Bonchev–Trinajstić information content (AvgIpc) is 2.28. The van der Waals surface area contributed by atoms with Crippen LogP contribution in [0.3, 0.4) is 0 Å². The maximum absolute atomic E-state index is 9.02. The molecule has 3 nitrogen and oxygen atoms in total. The van der Waals surface area contributed by atoms with Crippen LogP contribution in [0.4, 0.5) is 0 Å². The van der Waals surface area contributed by atoms with Crippen molar-refractivity contribution in [3.05, 3.63) is 28.2 Å². The Kier molecular flexibility index (Phi) is 5.18. The summed E-state index contributed by atoms with van der Waals surface area (Å²) in [4.78, 5) is 2.15. The molecule has 0 aromatic heterocycles. The van der Waals surface area contributed by atoms with Crippen molar-refractivity contribution in [2.24, 2.45) is 5.41 Å². The van der Waals surface area contributed by atoms with E-state index in [1.54, 1.807) is 7.11 Å². The van der Waals surface area contributed by atoms with Gasteiger partial charge < -0.3 is 9.64 Å². The third-order valence-electron chi connectivity index (χ3n) is 2.64. The van der Waals surface area contributed by atoms with Crippen molar-refractivity contribution in [3.63, 3.8) is 0 Å². The van der Waals surface area contributed by atoms with E-state index in [4.69, 9.17) is 10.00 Å². The molecule has 1 rings (SSSR count). The molecule has 0 heterocycles. The molecule has 1 aromatic carbocycles. The number of methoxy groups -OCH3 is 1. The van der Waals surface area contributed by atoms with E-state index in [-0.39, 0.29) is 5.41 Å². The van der Waals surface area contributed by atoms with Gasteiger partial charge in [0.1, 0.15) is 5.75 Å². The lowest BCUT2D eigenvalue weighted by molar-refractivity contribution is 0.248. The Balaban J connectivity index is 2.68. The van der Waals surface area contributed by atoms with Gasteiger partial charge in [-0.25, -0.2) is 0 Å². The molecule has 0 saturated heterocycles. The third kappa shape index (κ3) is 4.32. The first kappa shape index (κ1) is 15.0. The molecule has 0 atom stereocenters. The fraction of sp³-hybridized carbons (Fsp3) is 0.500. The number of benzene rings is 1. The molecule has 0 radical (unpaired) electrons. The lowest BCUT2D eigenvalue weighted by Gasteiger charge is -2.24. The number of ether oxygens (including phenoxy) is 1. The Bertz CT molecular complexity index is 452. The Morgan fingerprint density at radius 2 is 2.11 bits per heavy atom. The van der Waals surface area contributed by atoms with Crippen molar-refractivity contribution in [2.75, 3.05) is 20.7 Å². The fourth-order valence-electron chi connectivity index (χ4n) is 1.89. The normalized spacial score (nSPS) is 11.4. The van der Waals surface area contributed by atoms with E-state index in [1.165, 1.54) is 5.56 Å². The zero-order chi connectivity index (χ0) is 13.8. The number of hydrogen-bond donors (Lipinski definition) is 0. The van der Waals surface area contributed by atoms with E-state index in [9.17, 15) is 0 Å². The molecular weight excluding hydrogens is 292 g/mol. The van der Waals surface area contributed by atoms with Gasteiger partial charge in [-0.05, 0) is 54.5 Å². The van der Waals surface area contributed by atoms with Crippen LogP contribution >= 0.6 is 15.9 Å². The number of rotatable bonds is 5. The summed E-state index contributed by atoms with van der Waals surface area (Å²) in [5, 5.41) is 9.02. The zero-order valence-electron chi connectivity index (χ0n) is 11.3. The lowest BCUT2D eigenvalue weighted by atomic mass is 9.95. The first-order valence-electron chi connectivity index (χ1n) is 5.80. The SMILES string of the molecule is COc1ccc(CN(C)CC(C)(C)C#N)cc1Br. The summed E-state index contributed by atoms with van der Waals surface area (Å²) in [6.07, 6.45) is 0. The zero-order valence-corrected chi connectivity index (χ0v) is 12.9. The average molecular weight is 311 g/mol. The van der Waals surface area contributed by atoms with Crippen LogP contribution in [0.25, 0.3) is 0 Å². The van der Waals surface area contributed by atoms with Gasteiger partial charge in [0.2, 0.25) is 0 Å². The Morgan fingerprint density at radius 1 is 1.44 bits per heavy atom. The first-order chi connectivity index (χ1) is 8.38. The largest absolute Gasteiger partial charge is 0.496 e. The molecule has 0 N–H and O–H groups in total. The minimum atomic E-state index is -0.321. The molecule has 18 heavy (non-hydrogen) atoms. The lowest BCUT2D eigenvalue weighted by Crippen LogP contribution is -2.29. The number of nitriles is 1. The quantitative estimate of drug-likeness (QED) is 0.836. The van der Waals surface area contributed by atoms with Crippen LogP contribution in [0, 0.1) is 16.7 Å². The van der Waals surface area contributed by atoms with Crippen molar-refractivity contribution < 1.29 is 4.74 Å². The third-order valence-corrected chi connectivity index (χ3v) is 3.26. The molecule has 0 bridgehead atoms. The molecule has 0 saturated carbocycles. The maximum atomic E-state index is 9.02. The smallest absolute Gasteiger partial charge is 0.133 e. The summed E-state index contributed by atoms with van der Waals surface area (Å²) in [7, 11) is 3.68. The minimum Gasteiger partial charge on any atom is -0.496 e. The Hall–Kier alpha value is -1.05. The van der Waals surface area contributed by atoms with E-state index in [1.807, 2.05) is 33.0 Å². The van der Waals surface area contributed by atoms with Gasteiger partial charge in [0.25, 0.3) is 0 Å². The summed E-state index contributed by atoms with van der Waals surface area (Å²) in [6.45, 7) is 5.46. The van der Waals surface area contributed by atoms with Gasteiger partial charge in [0.15, 0.2) is 0 Å². The van der Waals surface area contributed by atoms with E-state index in [0.717, 1.165) is 23.3 Å². The predicted octanol–water partition coefficient (Wildman–Crippen LogP) is 3.44. The summed E-state index contributed by atoms with van der Waals surface area (Å²) >= 11 is 3.48. The van der Waals surface area contributed by atoms with Crippen LogP contribution < -0.4 is 4.74 Å². The number of nitrogens with zero attached hydrogens (tertiary/aromatic N) is 2. The van der Waals surface area contributed by atoms with Gasteiger partial charge in [0.05, 0.1) is 23.1 Å². The fourth-order valence-corrected chi connectivity index (χ4v) is 2.47. The number of hydrogen-bond acceptors (Lipinski definition) is 3. The van der Waals surface area contributed by atoms with E-state index >= 15 is 0 Å². The highest BCUT2D eigenvalue weighted by Gasteiger charge is 2.19. The van der Waals surface area contributed by atoms with Crippen LogP contribution in [0.1, 0.15) is 19.4 Å². The van der Waals surface area contributed by atoms with E-state index in [2.05, 4.69) is 33.0 Å². The van der Waals surface area contributed by atoms with E-state index < -0.39 is 0 Å². The minimum absolute atomic E-state index is 0.321. The van der Waals surface area contributed by atoms with Crippen molar-refractivity contribution in [3.8, 4) is 11.8 Å². The van der Waals surface area contributed by atoms with Gasteiger partial charge >= 0.3 is 0 Å². The second-order valence-corrected chi connectivity index (χ2v) is 5.99. The molecule has 0 aliphatic carbocycles. The van der Waals surface area contributed by atoms with E-state index in [0.29, 0.717) is 0 Å². The Morgan fingerprint density at radius 3 is 2.61 bits per heavy atom. The molecule has 0 amide bonds. The van der Waals surface area contributed by atoms with Crippen molar-refractivity contribution in [1.82, 2.24) is 4.90 Å². The second-order valence-electron chi connectivity index (χ2n) is 5.14. The molecule has 4 heteroatoms. The summed E-state index contributed by atoms with van der Waals surface area (Å²) in [5.74, 6) is 0.832. The maximum Gasteiger partial charge on any atom is 0.133 e. The van der Waals surface area contributed by atoms with Crippen molar-refractivity contribution in [2.45, 2.75) is 20.4 Å².